The highest BCUT2D eigenvalue weighted by atomic mass is 15.1. The number of anilines is 1. The number of hydrogen-bond donors (Lipinski definition) is 1. The van der Waals surface area contributed by atoms with E-state index in [-0.39, 0.29) is 0 Å². The van der Waals surface area contributed by atoms with Crippen LogP contribution < -0.4 is 5.73 Å². The van der Waals surface area contributed by atoms with E-state index in [1.54, 1.807) is 10.6 Å². The molecule has 0 bridgehead atoms. The molecule has 2 aromatic heterocycles. The van der Waals surface area contributed by atoms with Gasteiger partial charge in [0.15, 0.2) is 0 Å². The van der Waals surface area contributed by atoms with Gasteiger partial charge in [0.1, 0.15) is 11.5 Å². The van der Waals surface area contributed by atoms with Crippen molar-refractivity contribution in [3.05, 3.63) is 73.1 Å². The third-order valence-corrected chi connectivity index (χ3v) is 3.71. The summed E-state index contributed by atoms with van der Waals surface area (Å²) in [5.74, 6) is 1.22. The molecule has 2 aromatic carbocycles. The molecule has 0 fully saturated rings. The van der Waals surface area contributed by atoms with Gasteiger partial charge in [0.05, 0.1) is 0 Å². The summed E-state index contributed by atoms with van der Waals surface area (Å²) in [4.78, 5) is 8.74. The second-order valence-electron chi connectivity index (χ2n) is 5.08. The summed E-state index contributed by atoms with van der Waals surface area (Å²) < 4.78 is 1.79. The Bertz CT molecular complexity index is 924. The number of hydrogen-bond acceptors (Lipinski definition) is 3. The van der Waals surface area contributed by atoms with E-state index in [0.717, 1.165) is 11.3 Å². The van der Waals surface area contributed by atoms with Crippen molar-refractivity contribution in [2.24, 2.45) is 0 Å². The molecule has 4 aromatic rings. The molecule has 4 rings (SSSR count). The molecule has 106 valence electrons. The average molecular weight is 286 g/mol. The summed E-state index contributed by atoms with van der Waals surface area (Å²) in [6.07, 6.45) is 3.58. The summed E-state index contributed by atoms with van der Waals surface area (Å²) in [5.41, 5.74) is 10.3. The zero-order chi connectivity index (χ0) is 14.9. The van der Waals surface area contributed by atoms with Gasteiger partial charge in [-0.1, -0.05) is 54.6 Å². The van der Waals surface area contributed by atoms with Crippen molar-refractivity contribution < 1.29 is 0 Å². The molecular weight excluding hydrogens is 272 g/mol. The van der Waals surface area contributed by atoms with Crippen molar-refractivity contribution in [1.82, 2.24) is 14.4 Å². The first-order valence-corrected chi connectivity index (χ1v) is 7.07. The topological polar surface area (TPSA) is 56.2 Å². The molecule has 0 saturated heterocycles. The van der Waals surface area contributed by atoms with Gasteiger partial charge in [-0.15, -0.1) is 0 Å². The smallest absolute Gasteiger partial charge is 0.235 e. The minimum atomic E-state index is 0.607. The highest BCUT2D eigenvalue weighted by Gasteiger charge is 2.11. The van der Waals surface area contributed by atoms with Crippen LogP contribution in [0.2, 0.25) is 0 Å². The number of fused-ring (bicyclic) bond motifs is 1. The lowest BCUT2D eigenvalue weighted by Gasteiger charge is -2.03. The number of nitrogen functional groups attached to an aromatic ring is 1. The summed E-state index contributed by atoms with van der Waals surface area (Å²) >= 11 is 0. The number of aromatic nitrogens is 3. The van der Waals surface area contributed by atoms with Crippen molar-refractivity contribution in [2.75, 3.05) is 5.73 Å². The van der Waals surface area contributed by atoms with E-state index in [1.165, 1.54) is 11.1 Å². The Hall–Kier alpha value is -3.14. The zero-order valence-corrected chi connectivity index (χ0v) is 11.8. The number of benzene rings is 2. The first-order valence-electron chi connectivity index (χ1n) is 7.07. The van der Waals surface area contributed by atoms with E-state index >= 15 is 0 Å². The van der Waals surface area contributed by atoms with Crippen LogP contribution in [0.15, 0.2) is 73.1 Å². The van der Waals surface area contributed by atoms with E-state index in [1.807, 2.05) is 42.6 Å². The van der Waals surface area contributed by atoms with Crippen molar-refractivity contribution in [2.45, 2.75) is 0 Å². The first kappa shape index (κ1) is 12.6. The van der Waals surface area contributed by atoms with Crippen LogP contribution in [0, 0.1) is 0 Å². The lowest BCUT2D eigenvalue weighted by Crippen LogP contribution is -1.94. The molecule has 0 spiro atoms. The van der Waals surface area contributed by atoms with Crippen molar-refractivity contribution in [3.63, 3.8) is 0 Å². The van der Waals surface area contributed by atoms with Gasteiger partial charge in [0.2, 0.25) is 5.78 Å². The Labute approximate surface area is 127 Å². The van der Waals surface area contributed by atoms with Crippen LogP contribution in [0.4, 0.5) is 5.82 Å². The highest BCUT2D eigenvalue weighted by molar-refractivity contribution is 5.76. The monoisotopic (exact) mass is 286 g/mol. The molecule has 2 N–H and O–H groups in total. The minimum Gasteiger partial charge on any atom is -0.383 e. The first-order chi connectivity index (χ1) is 10.8. The summed E-state index contributed by atoms with van der Waals surface area (Å²) in [6, 6.07) is 20.4. The molecule has 4 heteroatoms. The Balaban J connectivity index is 1.78. The molecule has 0 aliphatic rings. The van der Waals surface area contributed by atoms with E-state index < -0.39 is 0 Å². The number of rotatable bonds is 2. The van der Waals surface area contributed by atoms with E-state index in [9.17, 15) is 0 Å². The summed E-state index contributed by atoms with van der Waals surface area (Å²) in [7, 11) is 0. The molecule has 22 heavy (non-hydrogen) atoms. The van der Waals surface area contributed by atoms with Crippen molar-refractivity contribution in [1.29, 1.82) is 0 Å². The SMILES string of the molecule is Nc1c(-c2ccc(-c3ccccc3)cc2)nc2ncccn12. The molecule has 0 saturated carbocycles. The zero-order valence-electron chi connectivity index (χ0n) is 11.8. The fraction of sp³-hybridized carbons (Fsp3) is 0. The quantitative estimate of drug-likeness (QED) is 0.612. The van der Waals surface area contributed by atoms with Gasteiger partial charge < -0.3 is 5.73 Å². The van der Waals surface area contributed by atoms with Gasteiger partial charge in [-0.3, -0.25) is 4.40 Å². The van der Waals surface area contributed by atoms with Crippen molar-refractivity contribution in [3.8, 4) is 22.4 Å². The Morgan fingerprint density at radius 1 is 0.773 bits per heavy atom. The van der Waals surface area contributed by atoms with E-state index in [2.05, 4.69) is 34.2 Å². The van der Waals surface area contributed by atoms with Crippen LogP contribution in [-0.2, 0) is 0 Å². The normalized spacial score (nSPS) is 10.9. The lowest BCUT2D eigenvalue weighted by atomic mass is 10.0. The molecule has 0 radical (unpaired) electrons. The van der Waals surface area contributed by atoms with Crippen LogP contribution in [0.25, 0.3) is 28.2 Å². The second kappa shape index (κ2) is 5.00. The lowest BCUT2D eigenvalue weighted by molar-refractivity contribution is 1.12. The maximum absolute atomic E-state index is 6.18. The van der Waals surface area contributed by atoms with Gasteiger partial charge in [0, 0.05) is 18.0 Å². The fourth-order valence-electron chi connectivity index (χ4n) is 2.57. The molecule has 0 aliphatic heterocycles. The molecule has 0 unspecified atom stereocenters. The van der Waals surface area contributed by atoms with E-state index in [4.69, 9.17) is 5.73 Å². The van der Waals surface area contributed by atoms with Gasteiger partial charge in [-0.05, 0) is 17.2 Å². The maximum atomic E-state index is 6.18. The summed E-state index contributed by atoms with van der Waals surface area (Å²) in [5, 5.41) is 0. The average Bonchev–Trinajstić information content (AvgIpc) is 2.93. The molecule has 0 aliphatic carbocycles. The summed E-state index contributed by atoms with van der Waals surface area (Å²) in [6.45, 7) is 0. The van der Waals surface area contributed by atoms with Crippen LogP contribution in [0.5, 0.6) is 0 Å². The largest absolute Gasteiger partial charge is 0.383 e. The number of nitrogens with zero attached hydrogens (tertiary/aromatic N) is 3. The maximum Gasteiger partial charge on any atom is 0.235 e. The fourth-order valence-corrected chi connectivity index (χ4v) is 2.57. The predicted molar refractivity (Wildman–Crippen MR) is 88.3 cm³/mol. The van der Waals surface area contributed by atoms with Gasteiger partial charge in [0.25, 0.3) is 0 Å². The van der Waals surface area contributed by atoms with Crippen LogP contribution in [0.1, 0.15) is 0 Å². The Morgan fingerprint density at radius 2 is 1.45 bits per heavy atom. The van der Waals surface area contributed by atoms with Gasteiger partial charge in [-0.25, -0.2) is 9.97 Å². The second-order valence-corrected chi connectivity index (χ2v) is 5.08. The molecule has 2 heterocycles. The van der Waals surface area contributed by atoms with Crippen molar-refractivity contribution >= 4 is 11.6 Å². The third kappa shape index (κ3) is 2.02. The molecular formula is C18H14N4. The number of nitrogens with two attached hydrogens (primary N) is 1. The van der Waals surface area contributed by atoms with E-state index in [0.29, 0.717) is 11.6 Å². The Morgan fingerprint density at radius 3 is 2.18 bits per heavy atom. The van der Waals surface area contributed by atoms with Crippen LogP contribution >= 0.6 is 0 Å². The van der Waals surface area contributed by atoms with Crippen LogP contribution in [-0.4, -0.2) is 14.4 Å². The van der Waals surface area contributed by atoms with Gasteiger partial charge in [-0.2, -0.15) is 0 Å². The van der Waals surface area contributed by atoms with Crippen LogP contribution in [0.3, 0.4) is 0 Å². The molecule has 0 amide bonds. The number of imidazole rings is 1. The standard InChI is InChI=1S/C18H14N4/c19-17-16(21-18-20-11-4-12-22(17)18)15-9-7-14(8-10-15)13-5-2-1-3-6-13/h1-12H,19H2. The highest BCUT2D eigenvalue weighted by Crippen LogP contribution is 2.28. The predicted octanol–water partition coefficient (Wildman–Crippen LogP) is 3.65. The molecule has 4 nitrogen and oxygen atoms in total. The minimum absolute atomic E-state index is 0.607. The van der Waals surface area contributed by atoms with Gasteiger partial charge >= 0.3 is 0 Å². The molecule has 0 atom stereocenters. The third-order valence-electron chi connectivity index (χ3n) is 3.71. The Kier molecular flexibility index (Phi) is 2.86.